The highest BCUT2D eigenvalue weighted by Gasteiger charge is 2.18. The Morgan fingerprint density at radius 3 is 2.10 bits per heavy atom. The van der Waals surface area contributed by atoms with Gasteiger partial charge in [-0.3, -0.25) is 0 Å². The molecular weight excluding hydrogens is 252 g/mol. The summed E-state index contributed by atoms with van der Waals surface area (Å²) in [5.74, 6) is 1.39. The Labute approximate surface area is 119 Å². The maximum atomic E-state index is 10.6. The van der Waals surface area contributed by atoms with Crippen LogP contribution in [-0.4, -0.2) is 18.8 Å². The highest BCUT2D eigenvalue weighted by atomic mass is 16.5. The molecule has 2 aromatic rings. The second-order valence-electron chi connectivity index (χ2n) is 4.53. The first kappa shape index (κ1) is 14.4. The SMILES string of the molecule is CCCOc1ccccc1C(O)c1ccccc1OC. The quantitative estimate of drug-likeness (QED) is 0.873. The van der Waals surface area contributed by atoms with Gasteiger partial charge in [-0.25, -0.2) is 0 Å². The third kappa shape index (κ3) is 3.11. The molecule has 3 nitrogen and oxygen atoms in total. The Kier molecular flexibility index (Phi) is 5.02. The molecule has 1 N–H and O–H groups in total. The molecule has 0 saturated heterocycles. The van der Waals surface area contributed by atoms with Crippen molar-refractivity contribution in [2.45, 2.75) is 19.4 Å². The van der Waals surface area contributed by atoms with Crippen molar-refractivity contribution in [2.24, 2.45) is 0 Å². The Morgan fingerprint density at radius 2 is 1.50 bits per heavy atom. The Balaban J connectivity index is 2.35. The van der Waals surface area contributed by atoms with Crippen LogP contribution in [0.5, 0.6) is 11.5 Å². The zero-order valence-corrected chi connectivity index (χ0v) is 11.9. The zero-order chi connectivity index (χ0) is 14.4. The molecule has 0 spiro atoms. The maximum absolute atomic E-state index is 10.6. The van der Waals surface area contributed by atoms with Crippen LogP contribution in [0.2, 0.25) is 0 Å². The van der Waals surface area contributed by atoms with Gasteiger partial charge in [-0.2, -0.15) is 0 Å². The van der Waals surface area contributed by atoms with Crippen molar-refractivity contribution in [3.63, 3.8) is 0 Å². The fourth-order valence-corrected chi connectivity index (χ4v) is 2.11. The van der Waals surface area contributed by atoms with Crippen LogP contribution in [-0.2, 0) is 0 Å². The average molecular weight is 272 g/mol. The van der Waals surface area contributed by atoms with Crippen molar-refractivity contribution < 1.29 is 14.6 Å². The van der Waals surface area contributed by atoms with E-state index in [1.54, 1.807) is 7.11 Å². The van der Waals surface area contributed by atoms with Crippen molar-refractivity contribution in [3.05, 3.63) is 59.7 Å². The first-order valence-electron chi connectivity index (χ1n) is 6.80. The molecule has 0 aliphatic rings. The molecule has 0 heterocycles. The number of benzene rings is 2. The maximum Gasteiger partial charge on any atom is 0.125 e. The van der Waals surface area contributed by atoms with Gasteiger partial charge in [-0.05, 0) is 18.6 Å². The minimum Gasteiger partial charge on any atom is -0.496 e. The van der Waals surface area contributed by atoms with Crippen molar-refractivity contribution in [3.8, 4) is 11.5 Å². The third-order valence-electron chi connectivity index (χ3n) is 3.11. The van der Waals surface area contributed by atoms with Gasteiger partial charge >= 0.3 is 0 Å². The van der Waals surface area contributed by atoms with Crippen LogP contribution in [0.25, 0.3) is 0 Å². The van der Waals surface area contributed by atoms with Gasteiger partial charge in [0.1, 0.15) is 17.6 Å². The van der Waals surface area contributed by atoms with E-state index in [0.717, 1.165) is 17.5 Å². The van der Waals surface area contributed by atoms with Crippen LogP contribution in [0.15, 0.2) is 48.5 Å². The summed E-state index contributed by atoms with van der Waals surface area (Å²) in [7, 11) is 1.60. The summed E-state index contributed by atoms with van der Waals surface area (Å²) in [6.07, 6.45) is 0.165. The molecule has 0 bridgehead atoms. The van der Waals surface area contributed by atoms with Gasteiger partial charge in [0.05, 0.1) is 13.7 Å². The number of hydrogen-bond donors (Lipinski definition) is 1. The van der Waals surface area contributed by atoms with Crippen molar-refractivity contribution in [1.29, 1.82) is 0 Å². The standard InChI is InChI=1S/C17H20O3/c1-3-12-20-16-11-7-5-9-14(16)17(18)13-8-4-6-10-15(13)19-2/h4-11,17-18H,3,12H2,1-2H3. The second-order valence-corrected chi connectivity index (χ2v) is 4.53. The summed E-state index contributed by atoms with van der Waals surface area (Å²) in [6, 6.07) is 15.0. The first-order valence-corrected chi connectivity index (χ1v) is 6.80. The van der Waals surface area contributed by atoms with Crippen molar-refractivity contribution >= 4 is 0 Å². The molecule has 1 unspecified atom stereocenters. The van der Waals surface area contributed by atoms with Crippen LogP contribution in [0, 0.1) is 0 Å². The van der Waals surface area contributed by atoms with Gasteiger partial charge in [0.25, 0.3) is 0 Å². The summed E-state index contributed by atoms with van der Waals surface area (Å²) >= 11 is 0. The number of rotatable bonds is 6. The lowest BCUT2D eigenvalue weighted by Gasteiger charge is -2.18. The Bertz CT molecular complexity index is 551. The summed E-state index contributed by atoms with van der Waals surface area (Å²) < 4.78 is 11.0. The van der Waals surface area contributed by atoms with Crippen LogP contribution < -0.4 is 9.47 Å². The largest absolute Gasteiger partial charge is 0.496 e. The molecule has 2 aromatic carbocycles. The Morgan fingerprint density at radius 1 is 0.950 bits per heavy atom. The fraction of sp³-hybridized carbons (Fsp3) is 0.294. The molecule has 0 aromatic heterocycles. The van der Waals surface area contributed by atoms with E-state index in [4.69, 9.17) is 9.47 Å². The smallest absolute Gasteiger partial charge is 0.125 e. The minimum absolute atomic E-state index is 0.635. The molecule has 106 valence electrons. The molecule has 2 rings (SSSR count). The molecule has 3 heteroatoms. The lowest BCUT2D eigenvalue weighted by atomic mass is 10.00. The van der Waals surface area contributed by atoms with Gasteiger partial charge in [0.2, 0.25) is 0 Å². The van der Waals surface area contributed by atoms with E-state index in [1.807, 2.05) is 48.5 Å². The molecule has 0 fully saturated rings. The molecule has 0 aliphatic carbocycles. The van der Waals surface area contributed by atoms with Crippen molar-refractivity contribution in [2.75, 3.05) is 13.7 Å². The summed E-state index contributed by atoms with van der Waals surface area (Å²) in [5, 5.41) is 10.6. The molecule has 0 aliphatic heterocycles. The molecule has 1 atom stereocenters. The van der Waals surface area contributed by atoms with Gasteiger partial charge in [-0.15, -0.1) is 0 Å². The number of ether oxygens (including phenoxy) is 2. The van der Waals surface area contributed by atoms with E-state index in [0.29, 0.717) is 18.1 Å². The lowest BCUT2D eigenvalue weighted by molar-refractivity contribution is 0.206. The topological polar surface area (TPSA) is 38.7 Å². The van der Waals surface area contributed by atoms with E-state index in [1.165, 1.54) is 0 Å². The van der Waals surface area contributed by atoms with E-state index >= 15 is 0 Å². The number of aliphatic hydroxyl groups is 1. The van der Waals surface area contributed by atoms with E-state index in [2.05, 4.69) is 6.92 Å². The predicted molar refractivity (Wildman–Crippen MR) is 79.3 cm³/mol. The molecule has 20 heavy (non-hydrogen) atoms. The normalized spacial score (nSPS) is 11.9. The summed E-state index contributed by atoms with van der Waals surface area (Å²) in [6.45, 7) is 2.69. The molecule has 0 radical (unpaired) electrons. The number of aliphatic hydroxyl groups excluding tert-OH is 1. The first-order chi connectivity index (χ1) is 9.77. The van der Waals surface area contributed by atoms with Gasteiger partial charge in [0, 0.05) is 11.1 Å². The highest BCUT2D eigenvalue weighted by Crippen LogP contribution is 2.34. The third-order valence-corrected chi connectivity index (χ3v) is 3.11. The van der Waals surface area contributed by atoms with Gasteiger partial charge in [0.15, 0.2) is 0 Å². The number of hydrogen-bond acceptors (Lipinski definition) is 3. The fourth-order valence-electron chi connectivity index (χ4n) is 2.11. The summed E-state index contributed by atoms with van der Waals surface area (Å²) in [4.78, 5) is 0. The molecule has 0 amide bonds. The predicted octanol–water partition coefficient (Wildman–Crippen LogP) is 3.57. The van der Waals surface area contributed by atoms with Crippen LogP contribution >= 0.6 is 0 Å². The summed E-state index contributed by atoms with van der Waals surface area (Å²) in [5.41, 5.74) is 1.49. The van der Waals surface area contributed by atoms with Crippen LogP contribution in [0.1, 0.15) is 30.6 Å². The Hall–Kier alpha value is -2.00. The monoisotopic (exact) mass is 272 g/mol. The second kappa shape index (κ2) is 6.96. The van der Waals surface area contributed by atoms with Gasteiger partial charge in [-0.1, -0.05) is 43.3 Å². The minimum atomic E-state index is -0.765. The van der Waals surface area contributed by atoms with Crippen molar-refractivity contribution in [1.82, 2.24) is 0 Å². The van der Waals surface area contributed by atoms with Crippen LogP contribution in [0.4, 0.5) is 0 Å². The van der Waals surface area contributed by atoms with E-state index in [-0.39, 0.29) is 0 Å². The van der Waals surface area contributed by atoms with Crippen LogP contribution in [0.3, 0.4) is 0 Å². The number of methoxy groups -OCH3 is 1. The zero-order valence-electron chi connectivity index (χ0n) is 11.9. The van der Waals surface area contributed by atoms with Gasteiger partial charge < -0.3 is 14.6 Å². The highest BCUT2D eigenvalue weighted by molar-refractivity contribution is 5.45. The average Bonchev–Trinajstić information content (AvgIpc) is 2.52. The molecule has 0 saturated carbocycles. The number of para-hydroxylation sites is 2. The lowest BCUT2D eigenvalue weighted by Crippen LogP contribution is -2.06. The van der Waals surface area contributed by atoms with E-state index < -0.39 is 6.10 Å². The van der Waals surface area contributed by atoms with E-state index in [9.17, 15) is 5.11 Å². The molecular formula is C17H20O3.